The standard InChI is InChI=1S/C13H25O/c1-2-3-4-5-6-7-8-9-10-11-12-13-14/h2-12H2,1H3. The highest BCUT2D eigenvalue weighted by Crippen LogP contribution is 2.10. The van der Waals surface area contributed by atoms with Crippen LogP contribution in [0.3, 0.4) is 0 Å². The Hall–Kier alpha value is -0.330. The lowest BCUT2D eigenvalue weighted by molar-refractivity contribution is 0.536. The first-order valence-corrected chi connectivity index (χ1v) is 6.26. The lowest BCUT2D eigenvalue weighted by Crippen LogP contribution is -1.82. The normalized spacial score (nSPS) is 10.4. The van der Waals surface area contributed by atoms with Gasteiger partial charge in [0.2, 0.25) is 0 Å². The van der Waals surface area contributed by atoms with Gasteiger partial charge in [0.05, 0.1) is 0 Å². The number of unbranched alkanes of at least 4 members (excludes halogenated alkanes) is 10. The maximum atomic E-state index is 9.92. The first-order valence-electron chi connectivity index (χ1n) is 6.26. The molecule has 0 atom stereocenters. The molecule has 0 aliphatic carbocycles. The van der Waals surface area contributed by atoms with Gasteiger partial charge in [-0.05, 0) is 6.42 Å². The summed E-state index contributed by atoms with van der Waals surface area (Å²) in [5.74, 6) is 0. The van der Waals surface area contributed by atoms with E-state index in [-0.39, 0.29) is 0 Å². The van der Waals surface area contributed by atoms with Crippen LogP contribution >= 0.6 is 0 Å². The summed E-state index contributed by atoms with van der Waals surface area (Å²) in [6.45, 7) is 2.25. The Kier molecular flexibility index (Phi) is 12.4. The molecule has 0 bridgehead atoms. The van der Waals surface area contributed by atoms with Gasteiger partial charge in [-0.3, -0.25) is 4.79 Å². The smallest absolute Gasteiger partial charge is 0.198 e. The minimum absolute atomic E-state index is 0.635. The molecule has 0 saturated carbocycles. The number of rotatable bonds is 11. The molecule has 0 unspecified atom stereocenters. The Morgan fingerprint density at radius 3 is 1.57 bits per heavy atom. The summed E-state index contributed by atoms with van der Waals surface area (Å²) in [6, 6.07) is 0. The van der Waals surface area contributed by atoms with Gasteiger partial charge >= 0.3 is 0 Å². The van der Waals surface area contributed by atoms with Crippen molar-refractivity contribution in [3.63, 3.8) is 0 Å². The van der Waals surface area contributed by atoms with E-state index in [1.54, 1.807) is 0 Å². The quantitative estimate of drug-likeness (QED) is 0.448. The second-order valence-corrected chi connectivity index (χ2v) is 4.08. The van der Waals surface area contributed by atoms with Gasteiger partial charge in [-0.2, -0.15) is 0 Å². The third kappa shape index (κ3) is 11.7. The molecule has 14 heavy (non-hydrogen) atoms. The average Bonchev–Trinajstić information content (AvgIpc) is 2.21. The van der Waals surface area contributed by atoms with Crippen molar-refractivity contribution in [2.45, 2.75) is 77.6 Å². The predicted molar refractivity (Wildman–Crippen MR) is 62.2 cm³/mol. The largest absolute Gasteiger partial charge is 0.291 e. The summed E-state index contributed by atoms with van der Waals surface area (Å²) in [7, 11) is 0. The van der Waals surface area contributed by atoms with Crippen molar-refractivity contribution in [3.05, 3.63) is 0 Å². The van der Waals surface area contributed by atoms with Crippen molar-refractivity contribution in [3.8, 4) is 0 Å². The molecule has 0 rings (SSSR count). The highest BCUT2D eigenvalue weighted by molar-refractivity contribution is 5.50. The molecule has 0 aliphatic rings. The zero-order chi connectivity index (χ0) is 10.5. The van der Waals surface area contributed by atoms with E-state index in [0.717, 1.165) is 6.42 Å². The lowest BCUT2D eigenvalue weighted by atomic mass is 10.1. The third-order valence-corrected chi connectivity index (χ3v) is 2.63. The first-order chi connectivity index (χ1) is 6.91. The van der Waals surface area contributed by atoms with E-state index in [0.29, 0.717) is 6.42 Å². The molecule has 0 N–H and O–H groups in total. The van der Waals surface area contributed by atoms with Gasteiger partial charge in [-0.15, -0.1) is 0 Å². The topological polar surface area (TPSA) is 17.1 Å². The summed E-state index contributed by atoms with van der Waals surface area (Å²) in [4.78, 5) is 9.92. The second-order valence-electron chi connectivity index (χ2n) is 4.08. The van der Waals surface area contributed by atoms with Gasteiger partial charge in [0.15, 0.2) is 6.29 Å². The highest BCUT2D eigenvalue weighted by Gasteiger charge is 1.92. The summed E-state index contributed by atoms with van der Waals surface area (Å²) < 4.78 is 0. The number of hydrogen-bond acceptors (Lipinski definition) is 1. The van der Waals surface area contributed by atoms with Crippen LogP contribution in [-0.2, 0) is 4.79 Å². The van der Waals surface area contributed by atoms with E-state index < -0.39 is 0 Å². The zero-order valence-corrected chi connectivity index (χ0v) is 9.69. The van der Waals surface area contributed by atoms with Gasteiger partial charge in [0.1, 0.15) is 0 Å². The van der Waals surface area contributed by atoms with Crippen molar-refractivity contribution in [2.24, 2.45) is 0 Å². The molecular weight excluding hydrogens is 172 g/mol. The maximum absolute atomic E-state index is 9.92. The van der Waals surface area contributed by atoms with E-state index in [1.165, 1.54) is 57.8 Å². The maximum Gasteiger partial charge on any atom is 0.198 e. The Morgan fingerprint density at radius 2 is 1.14 bits per heavy atom. The van der Waals surface area contributed by atoms with E-state index >= 15 is 0 Å². The van der Waals surface area contributed by atoms with Gasteiger partial charge in [-0.1, -0.05) is 64.7 Å². The monoisotopic (exact) mass is 197 g/mol. The van der Waals surface area contributed by atoms with E-state index in [9.17, 15) is 4.79 Å². The molecule has 0 amide bonds. The van der Waals surface area contributed by atoms with Gasteiger partial charge in [-0.25, -0.2) is 0 Å². The molecule has 0 saturated heterocycles. The van der Waals surface area contributed by atoms with Crippen LogP contribution in [0.25, 0.3) is 0 Å². The lowest BCUT2D eigenvalue weighted by Gasteiger charge is -2.00. The Bertz CT molecular complexity index is 110. The average molecular weight is 197 g/mol. The molecule has 0 spiro atoms. The highest BCUT2D eigenvalue weighted by atomic mass is 16.1. The van der Waals surface area contributed by atoms with E-state index in [4.69, 9.17) is 0 Å². The fourth-order valence-electron chi connectivity index (χ4n) is 1.68. The third-order valence-electron chi connectivity index (χ3n) is 2.63. The Labute approximate surface area is 89.3 Å². The Balaban J connectivity index is 2.81. The van der Waals surface area contributed by atoms with Crippen LogP contribution in [0.4, 0.5) is 0 Å². The minimum atomic E-state index is 0.635. The molecule has 1 radical (unpaired) electrons. The van der Waals surface area contributed by atoms with Crippen molar-refractivity contribution in [2.75, 3.05) is 0 Å². The summed E-state index contributed by atoms with van der Waals surface area (Å²) in [5.41, 5.74) is 0. The first kappa shape index (κ1) is 13.7. The van der Waals surface area contributed by atoms with Crippen LogP contribution in [0.1, 0.15) is 77.6 Å². The van der Waals surface area contributed by atoms with Gasteiger partial charge in [0.25, 0.3) is 0 Å². The molecular formula is C13H25O. The minimum Gasteiger partial charge on any atom is -0.291 e. The van der Waals surface area contributed by atoms with E-state index in [2.05, 4.69) is 6.92 Å². The molecule has 0 aromatic heterocycles. The van der Waals surface area contributed by atoms with Crippen LogP contribution in [-0.4, -0.2) is 6.29 Å². The molecule has 1 nitrogen and oxygen atoms in total. The second kappa shape index (κ2) is 12.7. The van der Waals surface area contributed by atoms with Crippen molar-refractivity contribution in [1.29, 1.82) is 0 Å². The van der Waals surface area contributed by atoms with Gasteiger partial charge in [0, 0.05) is 6.42 Å². The molecule has 0 fully saturated rings. The molecule has 1 heteroatoms. The van der Waals surface area contributed by atoms with Crippen molar-refractivity contribution >= 4 is 6.29 Å². The number of carbonyl (C=O) groups excluding carboxylic acids is 1. The van der Waals surface area contributed by atoms with Crippen LogP contribution < -0.4 is 0 Å². The van der Waals surface area contributed by atoms with E-state index in [1.807, 2.05) is 6.29 Å². The predicted octanol–water partition coefficient (Wildman–Crippen LogP) is 4.41. The molecule has 0 aromatic carbocycles. The van der Waals surface area contributed by atoms with Crippen LogP contribution in [0, 0.1) is 0 Å². The summed E-state index contributed by atoms with van der Waals surface area (Å²) in [5, 5.41) is 0. The summed E-state index contributed by atoms with van der Waals surface area (Å²) in [6.07, 6.45) is 15.8. The molecule has 83 valence electrons. The molecule has 0 aromatic rings. The fourth-order valence-corrected chi connectivity index (χ4v) is 1.68. The van der Waals surface area contributed by atoms with Crippen LogP contribution in [0.15, 0.2) is 0 Å². The number of hydrogen-bond donors (Lipinski definition) is 0. The van der Waals surface area contributed by atoms with Gasteiger partial charge < -0.3 is 0 Å². The molecule has 0 aliphatic heterocycles. The Morgan fingerprint density at radius 1 is 0.714 bits per heavy atom. The fraction of sp³-hybridized carbons (Fsp3) is 0.923. The summed E-state index contributed by atoms with van der Waals surface area (Å²) >= 11 is 0. The zero-order valence-electron chi connectivity index (χ0n) is 9.69. The molecule has 0 heterocycles. The van der Waals surface area contributed by atoms with Crippen LogP contribution in [0.2, 0.25) is 0 Å². The van der Waals surface area contributed by atoms with Crippen molar-refractivity contribution < 1.29 is 4.79 Å². The SMILES string of the molecule is CCCCCCCCCCCC[C]=O. The van der Waals surface area contributed by atoms with Crippen molar-refractivity contribution in [1.82, 2.24) is 0 Å². The van der Waals surface area contributed by atoms with Crippen LogP contribution in [0.5, 0.6) is 0 Å².